The van der Waals surface area contributed by atoms with E-state index in [4.69, 9.17) is 11.6 Å². The van der Waals surface area contributed by atoms with Crippen LogP contribution < -0.4 is 0 Å². The van der Waals surface area contributed by atoms with Crippen LogP contribution in [0.15, 0.2) is 0 Å². The second kappa shape index (κ2) is 3.09. The molecule has 0 atom stereocenters. The van der Waals surface area contributed by atoms with Crippen molar-refractivity contribution in [2.45, 2.75) is 32.1 Å². The Morgan fingerprint density at radius 2 is 2.00 bits per heavy atom. The lowest BCUT2D eigenvalue weighted by atomic mass is 10.1. The largest absolute Gasteiger partial charge is 0.257 e. The van der Waals surface area contributed by atoms with Gasteiger partial charge in [-0.2, -0.15) is 5.10 Å². The molecule has 0 radical (unpaired) electrons. The van der Waals surface area contributed by atoms with Gasteiger partial charge in [0.15, 0.2) is 0 Å². The van der Waals surface area contributed by atoms with Crippen LogP contribution in [0.1, 0.15) is 30.5 Å². The lowest BCUT2D eigenvalue weighted by Crippen LogP contribution is -1.92. The summed E-state index contributed by atoms with van der Waals surface area (Å²) in [5, 5.41) is 5.24. The summed E-state index contributed by atoms with van der Waals surface area (Å²) in [6.45, 7) is 0. The summed E-state index contributed by atoms with van der Waals surface area (Å²) >= 11 is 6.10. The van der Waals surface area contributed by atoms with E-state index in [0.717, 1.165) is 18.0 Å². The van der Waals surface area contributed by atoms with Crippen molar-refractivity contribution in [2.75, 3.05) is 0 Å². The highest BCUT2D eigenvalue weighted by Crippen LogP contribution is 2.25. The first-order valence-corrected chi connectivity index (χ1v) is 4.87. The van der Waals surface area contributed by atoms with Crippen LogP contribution in [0.3, 0.4) is 0 Å². The van der Waals surface area contributed by atoms with Gasteiger partial charge in [-0.15, -0.1) is 0 Å². The first-order chi connectivity index (χ1) is 5.79. The van der Waals surface area contributed by atoms with Crippen LogP contribution in [-0.4, -0.2) is 9.78 Å². The molecule has 2 rings (SSSR count). The number of aromatic nitrogens is 2. The second-order valence-corrected chi connectivity index (χ2v) is 3.76. The van der Waals surface area contributed by atoms with Gasteiger partial charge in [-0.3, -0.25) is 4.68 Å². The molecule has 0 unspecified atom stereocenters. The maximum atomic E-state index is 6.10. The van der Waals surface area contributed by atoms with E-state index in [0.29, 0.717) is 0 Å². The third-order valence-electron chi connectivity index (χ3n) is 2.49. The molecule has 0 aliphatic heterocycles. The van der Waals surface area contributed by atoms with Gasteiger partial charge in [0.25, 0.3) is 0 Å². The number of aryl methyl sites for hydroxylation is 2. The first-order valence-electron chi connectivity index (χ1n) is 4.49. The highest BCUT2D eigenvalue weighted by Gasteiger charge is 2.15. The van der Waals surface area contributed by atoms with E-state index in [2.05, 4.69) is 5.10 Å². The Morgan fingerprint density at radius 1 is 1.25 bits per heavy atom. The third-order valence-corrected chi connectivity index (χ3v) is 2.97. The fraction of sp³-hybridized carbons (Fsp3) is 0.667. The van der Waals surface area contributed by atoms with Crippen LogP contribution in [0.2, 0.25) is 5.15 Å². The number of fused-ring (bicyclic) bond motifs is 1. The van der Waals surface area contributed by atoms with Gasteiger partial charge in [0, 0.05) is 12.6 Å². The average Bonchev–Trinajstić information content (AvgIpc) is 2.30. The van der Waals surface area contributed by atoms with Crippen molar-refractivity contribution in [2.24, 2.45) is 7.05 Å². The van der Waals surface area contributed by atoms with E-state index < -0.39 is 0 Å². The second-order valence-electron chi connectivity index (χ2n) is 3.40. The smallest absolute Gasteiger partial charge is 0.130 e. The molecule has 0 spiro atoms. The molecule has 2 nitrogen and oxygen atoms in total. The molecule has 0 bridgehead atoms. The molecular formula is C9H13ClN2. The summed E-state index contributed by atoms with van der Waals surface area (Å²) in [5.41, 5.74) is 2.51. The van der Waals surface area contributed by atoms with E-state index in [1.165, 1.54) is 30.5 Å². The highest BCUT2D eigenvalue weighted by molar-refractivity contribution is 6.30. The van der Waals surface area contributed by atoms with Gasteiger partial charge in [0.1, 0.15) is 5.15 Å². The first kappa shape index (κ1) is 8.11. The number of nitrogens with zero attached hydrogens (tertiary/aromatic N) is 2. The van der Waals surface area contributed by atoms with Crippen molar-refractivity contribution in [3.8, 4) is 0 Å². The molecule has 0 N–H and O–H groups in total. The molecule has 1 aliphatic carbocycles. The predicted octanol–water partition coefficient (Wildman–Crippen LogP) is 2.34. The zero-order chi connectivity index (χ0) is 8.55. The molecular weight excluding hydrogens is 172 g/mol. The van der Waals surface area contributed by atoms with Crippen molar-refractivity contribution in [3.05, 3.63) is 16.4 Å². The van der Waals surface area contributed by atoms with Crippen LogP contribution >= 0.6 is 11.6 Å². The van der Waals surface area contributed by atoms with E-state index in [1.807, 2.05) is 7.05 Å². The molecule has 1 heterocycles. The van der Waals surface area contributed by atoms with Gasteiger partial charge in [0.05, 0.1) is 5.69 Å². The summed E-state index contributed by atoms with van der Waals surface area (Å²) in [7, 11) is 1.91. The fourth-order valence-electron chi connectivity index (χ4n) is 1.82. The summed E-state index contributed by atoms with van der Waals surface area (Å²) in [4.78, 5) is 0. The van der Waals surface area contributed by atoms with Gasteiger partial charge in [-0.25, -0.2) is 0 Å². The average molecular weight is 185 g/mol. The lowest BCUT2D eigenvalue weighted by Gasteiger charge is -1.95. The van der Waals surface area contributed by atoms with Crippen molar-refractivity contribution < 1.29 is 0 Å². The molecule has 1 aromatic heterocycles. The Morgan fingerprint density at radius 3 is 2.83 bits per heavy atom. The number of hydrogen-bond donors (Lipinski definition) is 0. The van der Waals surface area contributed by atoms with Gasteiger partial charge >= 0.3 is 0 Å². The Kier molecular flexibility index (Phi) is 2.09. The van der Waals surface area contributed by atoms with E-state index in [9.17, 15) is 0 Å². The number of rotatable bonds is 0. The monoisotopic (exact) mass is 184 g/mol. The summed E-state index contributed by atoms with van der Waals surface area (Å²) in [6.07, 6.45) is 6.06. The molecule has 0 saturated heterocycles. The van der Waals surface area contributed by atoms with Gasteiger partial charge in [-0.1, -0.05) is 18.0 Å². The summed E-state index contributed by atoms with van der Waals surface area (Å²) < 4.78 is 1.79. The molecule has 66 valence electrons. The van der Waals surface area contributed by atoms with E-state index >= 15 is 0 Å². The Hall–Kier alpha value is -0.500. The molecule has 0 amide bonds. The maximum Gasteiger partial charge on any atom is 0.130 e. The van der Waals surface area contributed by atoms with Gasteiger partial charge < -0.3 is 0 Å². The predicted molar refractivity (Wildman–Crippen MR) is 49.5 cm³/mol. The summed E-state index contributed by atoms with van der Waals surface area (Å²) in [5.74, 6) is 0. The Labute approximate surface area is 77.5 Å². The van der Waals surface area contributed by atoms with Crippen LogP contribution in [0.4, 0.5) is 0 Å². The minimum atomic E-state index is 0.840. The normalized spacial score (nSPS) is 17.2. The molecule has 0 aromatic carbocycles. The SMILES string of the molecule is Cn1nc2c(c1Cl)CCCCC2. The topological polar surface area (TPSA) is 17.8 Å². The van der Waals surface area contributed by atoms with Crippen molar-refractivity contribution in [1.82, 2.24) is 9.78 Å². The number of hydrogen-bond acceptors (Lipinski definition) is 1. The standard InChI is InChI=1S/C9H13ClN2/c1-12-9(10)7-5-3-2-4-6-8(7)11-12/h2-6H2,1H3. The number of halogens is 1. The highest BCUT2D eigenvalue weighted by atomic mass is 35.5. The van der Waals surface area contributed by atoms with E-state index in [1.54, 1.807) is 4.68 Å². The zero-order valence-corrected chi connectivity index (χ0v) is 8.06. The van der Waals surface area contributed by atoms with Crippen molar-refractivity contribution in [1.29, 1.82) is 0 Å². The molecule has 3 heteroatoms. The maximum absolute atomic E-state index is 6.10. The van der Waals surface area contributed by atoms with Gasteiger partial charge in [-0.05, 0) is 25.7 Å². The van der Waals surface area contributed by atoms with Crippen LogP contribution in [0.5, 0.6) is 0 Å². The molecule has 12 heavy (non-hydrogen) atoms. The molecule has 0 saturated carbocycles. The van der Waals surface area contributed by atoms with E-state index in [-0.39, 0.29) is 0 Å². The quantitative estimate of drug-likeness (QED) is 0.566. The third kappa shape index (κ3) is 1.24. The molecule has 0 fully saturated rings. The van der Waals surface area contributed by atoms with Crippen LogP contribution in [-0.2, 0) is 19.9 Å². The van der Waals surface area contributed by atoms with Crippen LogP contribution in [0.25, 0.3) is 0 Å². The van der Waals surface area contributed by atoms with Crippen LogP contribution in [0, 0.1) is 0 Å². The van der Waals surface area contributed by atoms with Crippen molar-refractivity contribution >= 4 is 11.6 Å². The Bertz CT molecular complexity index is 291. The lowest BCUT2D eigenvalue weighted by molar-refractivity contribution is 0.678. The zero-order valence-electron chi connectivity index (χ0n) is 7.31. The molecule has 1 aromatic rings. The van der Waals surface area contributed by atoms with Crippen molar-refractivity contribution in [3.63, 3.8) is 0 Å². The molecule has 1 aliphatic rings. The fourth-order valence-corrected chi connectivity index (χ4v) is 2.06. The van der Waals surface area contributed by atoms with Gasteiger partial charge in [0.2, 0.25) is 0 Å². The Balaban J connectivity index is 2.42. The minimum Gasteiger partial charge on any atom is -0.257 e. The summed E-state index contributed by atoms with van der Waals surface area (Å²) in [6, 6.07) is 0. The minimum absolute atomic E-state index is 0.840.